The number of aromatic nitrogens is 3. The average molecular weight is 342 g/mol. The lowest BCUT2D eigenvalue weighted by Crippen LogP contribution is -1.88. The molecule has 0 saturated carbocycles. The Balaban J connectivity index is 2.03. The third kappa shape index (κ3) is 2.81. The third-order valence-corrected chi connectivity index (χ3v) is 3.48. The summed E-state index contributed by atoms with van der Waals surface area (Å²) in [6, 6.07) is 6.55. The first-order chi connectivity index (χ1) is 10.0. The molecule has 0 saturated heterocycles. The molecule has 21 heavy (non-hydrogen) atoms. The predicted molar refractivity (Wildman–Crippen MR) is 82.4 cm³/mol. The van der Waals surface area contributed by atoms with E-state index in [2.05, 4.69) is 15.1 Å². The Bertz CT molecular complexity index is 753. The normalized spacial score (nSPS) is 10.8. The van der Waals surface area contributed by atoms with Gasteiger partial charge in [-0.2, -0.15) is 4.98 Å². The second-order valence-corrected chi connectivity index (χ2v) is 5.40. The minimum atomic E-state index is 0.250. The van der Waals surface area contributed by atoms with Gasteiger partial charge in [-0.1, -0.05) is 40.0 Å². The summed E-state index contributed by atoms with van der Waals surface area (Å²) in [5.41, 5.74) is 7.15. The largest absolute Gasteiger partial charge is 0.399 e. The van der Waals surface area contributed by atoms with E-state index in [1.807, 2.05) is 0 Å². The Labute approximate surface area is 134 Å². The molecule has 3 rings (SSSR count). The predicted octanol–water partition coefficient (Wildman–Crippen LogP) is 4.34. The maximum atomic E-state index is 6.10. The molecule has 0 aliphatic heterocycles. The number of rotatable bonds is 2. The first kappa shape index (κ1) is 14.1. The number of nitrogens with two attached hydrogens (primary N) is 1. The number of pyridine rings is 1. The van der Waals surface area contributed by atoms with Gasteiger partial charge in [0.2, 0.25) is 5.82 Å². The van der Waals surface area contributed by atoms with E-state index in [0.29, 0.717) is 32.0 Å². The van der Waals surface area contributed by atoms with Crippen LogP contribution in [-0.4, -0.2) is 15.1 Å². The Kier molecular flexibility index (Phi) is 3.71. The van der Waals surface area contributed by atoms with Gasteiger partial charge < -0.3 is 10.3 Å². The zero-order valence-electron chi connectivity index (χ0n) is 10.3. The van der Waals surface area contributed by atoms with Gasteiger partial charge in [0.05, 0.1) is 20.6 Å². The van der Waals surface area contributed by atoms with E-state index in [-0.39, 0.29) is 11.7 Å². The number of benzene rings is 1. The standard InChI is InChI=1S/C13H7Cl3N4O/c14-6-3-10(16)11(18-5-6)12-19-13(21-20-12)8-2-1-7(17)4-9(8)15/h1-5H,17H2. The van der Waals surface area contributed by atoms with Gasteiger partial charge in [-0.3, -0.25) is 0 Å². The third-order valence-electron chi connectivity index (χ3n) is 2.67. The van der Waals surface area contributed by atoms with Crippen LogP contribution in [0.5, 0.6) is 0 Å². The van der Waals surface area contributed by atoms with Crippen LogP contribution in [0.25, 0.3) is 23.0 Å². The van der Waals surface area contributed by atoms with Crippen molar-refractivity contribution in [1.29, 1.82) is 0 Å². The fraction of sp³-hybridized carbons (Fsp3) is 0. The van der Waals surface area contributed by atoms with E-state index < -0.39 is 0 Å². The molecule has 106 valence electrons. The number of nitrogen functional groups attached to an aromatic ring is 1. The zero-order valence-corrected chi connectivity index (χ0v) is 12.6. The van der Waals surface area contributed by atoms with E-state index in [0.717, 1.165) is 0 Å². The zero-order chi connectivity index (χ0) is 15.0. The van der Waals surface area contributed by atoms with Crippen LogP contribution in [-0.2, 0) is 0 Å². The van der Waals surface area contributed by atoms with Crippen molar-refractivity contribution in [2.24, 2.45) is 0 Å². The molecule has 2 N–H and O–H groups in total. The van der Waals surface area contributed by atoms with Crippen LogP contribution in [0.1, 0.15) is 0 Å². The molecule has 0 atom stereocenters. The van der Waals surface area contributed by atoms with Gasteiger partial charge in [0.1, 0.15) is 5.69 Å². The molecule has 1 aromatic carbocycles. The number of hydrogen-bond donors (Lipinski definition) is 1. The van der Waals surface area contributed by atoms with Crippen LogP contribution >= 0.6 is 34.8 Å². The molecule has 5 nitrogen and oxygen atoms in total. The molecule has 0 radical (unpaired) electrons. The quantitative estimate of drug-likeness (QED) is 0.701. The highest BCUT2D eigenvalue weighted by molar-refractivity contribution is 6.36. The van der Waals surface area contributed by atoms with E-state index in [4.69, 9.17) is 45.1 Å². The average Bonchev–Trinajstić information content (AvgIpc) is 2.87. The number of hydrogen-bond acceptors (Lipinski definition) is 5. The van der Waals surface area contributed by atoms with Crippen LogP contribution in [0.15, 0.2) is 35.0 Å². The van der Waals surface area contributed by atoms with Crippen LogP contribution in [0.2, 0.25) is 15.1 Å². The van der Waals surface area contributed by atoms with Crippen molar-refractivity contribution in [2.75, 3.05) is 5.73 Å². The SMILES string of the molecule is Nc1ccc(-c2nc(-c3ncc(Cl)cc3Cl)no2)c(Cl)c1. The number of nitrogens with zero attached hydrogens (tertiary/aromatic N) is 3. The molecule has 3 aromatic rings. The van der Waals surface area contributed by atoms with Crippen LogP contribution in [0, 0.1) is 0 Å². The smallest absolute Gasteiger partial charge is 0.259 e. The minimum Gasteiger partial charge on any atom is -0.399 e. The molecule has 8 heteroatoms. The van der Waals surface area contributed by atoms with Gasteiger partial charge in [0.15, 0.2) is 0 Å². The van der Waals surface area contributed by atoms with E-state index in [9.17, 15) is 0 Å². The van der Waals surface area contributed by atoms with Crippen molar-refractivity contribution in [2.45, 2.75) is 0 Å². The van der Waals surface area contributed by atoms with Gasteiger partial charge >= 0.3 is 0 Å². The Hall–Kier alpha value is -1.82. The van der Waals surface area contributed by atoms with Crippen molar-refractivity contribution in [1.82, 2.24) is 15.1 Å². The van der Waals surface area contributed by atoms with E-state index in [1.165, 1.54) is 6.20 Å². The van der Waals surface area contributed by atoms with E-state index >= 15 is 0 Å². The maximum Gasteiger partial charge on any atom is 0.259 e. The molecule has 0 aliphatic rings. The minimum absolute atomic E-state index is 0.250. The molecular weight excluding hydrogens is 335 g/mol. The van der Waals surface area contributed by atoms with Gasteiger partial charge in [-0.05, 0) is 24.3 Å². The molecule has 0 aliphatic carbocycles. The first-order valence-corrected chi connectivity index (χ1v) is 6.88. The van der Waals surface area contributed by atoms with Crippen molar-refractivity contribution in [3.05, 3.63) is 45.5 Å². The van der Waals surface area contributed by atoms with Crippen LogP contribution in [0.3, 0.4) is 0 Å². The Morgan fingerprint density at radius 2 is 1.86 bits per heavy atom. The van der Waals surface area contributed by atoms with Gasteiger partial charge in [-0.15, -0.1) is 0 Å². The summed E-state index contributed by atoms with van der Waals surface area (Å²) >= 11 is 18.0. The molecule has 0 bridgehead atoms. The van der Waals surface area contributed by atoms with Crippen LogP contribution in [0.4, 0.5) is 5.69 Å². The fourth-order valence-corrected chi connectivity index (χ4v) is 2.45. The highest BCUT2D eigenvalue weighted by atomic mass is 35.5. The molecule has 2 aromatic heterocycles. The summed E-state index contributed by atoms with van der Waals surface area (Å²) in [5.74, 6) is 0.502. The maximum absolute atomic E-state index is 6.10. The topological polar surface area (TPSA) is 77.8 Å². The second-order valence-electron chi connectivity index (χ2n) is 4.15. The Morgan fingerprint density at radius 1 is 1.05 bits per heavy atom. The summed E-state index contributed by atoms with van der Waals surface area (Å²) in [6.07, 6.45) is 1.45. The second kappa shape index (κ2) is 5.52. The molecule has 0 fully saturated rings. The molecule has 2 heterocycles. The molecule has 0 spiro atoms. The summed E-state index contributed by atoms with van der Waals surface area (Å²) in [7, 11) is 0. The highest BCUT2D eigenvalue weighted by Crippen LogP contribution is 2.31. The van der Waals surface area contributed by atoms with Crippen molar-refractivity contribution in [3.63, 3.8) is 0 Å². The van der Waals surface area contributed by atoms with Crippen molar-refractivity contribution >= 4 is 40.5 Å². The summed E-state index contributed by atoms with van der Waals surface area (Å²) in [4.78, 5) is 8.33. The number of halogens is 3. The number of anilines is 1. The Morgan fingerprint density at radius 3 is 2.57 bits per heavy atom. The highest BCUT2D eigenvalue weighted by Gasteiger charge is 2.16. The fourth-order valence-electron chi connectivity index (χ4n) is 1.71. The summed E-state index contributed by atoms with van der Waals surface area (Å²) in [6.45, 7) is 0. The summed E-state index contributed by atoms with van der Waals surface area (Å²) in [5, 5.41) is 5.02. The molecule has 0 unspecified atom stereocenters. The lowest BCUT2D eigenvalue weighted by atomic mass is 10.2. The summed E-state index contributed by atoms with van der Waals surface area (Å²) < 4.78 is 5.19. The van der Waals surface area contributed by atoms with Gasteiger partial charge in [0, 0.05) is 11.9 Å². The molecule has 0 amide bonds. The van der Waals surface area contributed by atoms with Gasteiger partial charge in [0.25, 0.3) is 5.89 Å². The first-order valence-electron chi connectivity index (χ1n) is 5.75. The van der Waals surface area contributed by atoms with E-state index in [1.54, 1.807) is 24.3 Å². The lowest BCUT2D eigenvalue weighted by molar-refractivity contribution is 0.432. The lowest BCUT2D eigenvalue weighted by Gasteiger charge is -1.99. The monoisotopic (exact) mass is 340 g/mol. The van der Waals surface area contributed by atoms with Gasteiger partial charge in [-0.25, -0.2) is 4.98 Å². The van der Waals surface area contributed by atoms with Crippen LogP contribution < -0.4 is 5.73 Å². The molecular formula is C13H7Cl3N4O. The van der Waals surface area contributed by atoms with Crippen molar-refractivity contribution < 1.29 is 4.52 Å². The van der Waals surface area contributed by atoms with Crippen molar-refractivity contribution in [3.8, 4) is 23.0 Å².